The molecule has 1 saturated heterocycles. The van der Waals surface area contributed by atoms with Crippen molar-refractivity contribution in [1.82, 2.24) is 4.98 Å². The van der Waals surface area contributed by atoms with E-state index in [9.17, 15) is 14.9 Å². The van der Waals surface area contributed by atoms with Crippen LogP contribution in [0.2, 0.25) is 5.02 Å². The van der Waals surface area contributed by atoms with Crippen LogP contribution in [0.4, 0.5) is 11.5 Å². The van der Waals surface area contributed by atoms with E-state index >= 15 is 0 Å². The predicted molar refractivity (Wildman–Crippen MR) is 104 cm³/mol. The molecule has 0 amide bonds. The quantitative estimate of drug-likeness (QED) is 0.445. The Morgan fingerprint density at radius 3 is 2.64 bits per heavy atom. The van der Waals surface area contributed by atoms with Gasteiger partial charge in [-0.2, -0.15) is 0 Å². The monoisotopic (exact) mass is 405 g/mol. The number of esters is 1. The second kappa shape index (κ2) is 8.53. The minimum absolute atomic E-state index is 0.0261. The number of anilines is 1. The molecular formula is C19H20ClN3O5. The van der Waals surface area contributed by atoms with Gasteiger partial charge in [-0.1, -0.05) is 23.7 Å². The first-order valence-corrected chi connectivity index (χ1v) is 9.13. The first-order valence-electron chi connectivity index (χ1n) is 8.75. The van der Waals surface area contributed by atoms with Crippen LogP contribution in [0.1, 0.15) is 28.8 Å². The minimum atomic E-state index is -0.677. The Bertz CT molecular complexity index is 866. The first kappa shape index (κ1) is 20.0. The van der Waals surface area contributed by atoms with E-state index in [-0.39, 0.29) is 22.5 Å². The van der Waals surface area contributed by atoms with Crippen molar-refractivity contribution < 1.29 is 19.2 Å². The minimum Gasteiger partial charge on any atom is -0.465 e. The van der Waals surface area contributed by atoms with Crippen molar-refractivity contribution in [3.8, 4) is 0 Å². The van der Waals surface area contributed by atoms with Crippen LogP contribution < -0.4 is 5.32 Å². The number of hydrogen-bond donors (Lipinski definition) is 1. The number of halogens is 1. The Morgan fingerprint density at radius 2 is 2.04 bits per heavy atom. The number of benzene rings is 1. The molecule has 1 aromatic carbocycles. The van der Waals surface area contributed by atoms with Gasteiger partial charge in [-0.25, -0.2) is 9.78 Å². The van der Waals surface area contributed by atoms with Crippen LogP contribution in [0, 0.1) is 10.1 Å². The number of nitrogens with zero attached hydrogens (tertiary/aromatic N) is 2. The van der Waals surface area contributed by atoms with Gasteiger partial charge in [0.25, 0.3) is 0 Å². The fourth-order valence-electron chi connectivity index (χ4n) is 3.34. The highest BCUT2D eigenvalue weighted by atomic mass is 35.5. The molecule has 1 aromatic heterocycles. The first-order chi connectivity index (χ1) is 13.4. The smallest absolute Gasteiger partial charge is 0.339 e. The maximum atomic E-state index is 11.6. The van der Waals surface area contributed by atoms with E-state index < -0.39 is 10.9 Å². The van der Waals surface area contributed by atoms with E-state index in [1.165, 1.54) is 19.4 Å². The molecule has 9 heteroatoms. The summed E-state index contributed by atoms with van der Waals surface area (Å²) >= 11 is 6.01. The fraction of sp³-hybridized carbons (Fsp3) is 0.368. The number of pyridine rings is 1. The second-order valence-corrected chi connectivity index (χ2v) is 7.03. The number of nitrogens with one attached hydrogen (secondary N) is 1. The molecule has 0 aliphatic carbocycles. The van der Waals surface area contributed by atoms with Crippen LogP contribution >= 0.6 is 11.6 Å². The van der Waals surface area contributed by atoms with Gasteiger partial charge in [0, 0.05) is 42.5 Å². The van der Waals surface area contributed by atoms with Gasteiger partial charge in [0.05, 0.1) is 17.6 Å². The molecule has 0 atom stereocenters. The third-order valence-corrected chi connectivity index (χ3v) is 5.24. The zero-order valence-electron chi connectivity index (χ0n) is 15.3. The average molecular weight is 406 g/mol. The van der Waals surface area contributed by atoms with Crippen LogP contribution in [0.3, 0.4) is 0 Å². The Balaban J connectivity index is 1.88. The van der Waals surface area contributed by atoms with Crippen LogP contribution in [0.25, 0.3) is 0 Å². The second-order valence-electron chi connectivity index (χ2n) is 6.59. The molecule has 148 valence electrons. The standard InChI is InChI=1S/C19H20ClN3O5/c1-27-18(24)13-10-16(23(25)26)17(21-11-13)22-12-19(6-8-28-9-7-19)14-2-4-15(20)5-3-14/h2-5,10-11H,6-9,12H2,1H3,(H,21,22). The third kappa shape index (κ3) is 4.23. The summed E-state index contributed by atoms with van der Waals surface area (Å²) in [7, 11) is 1.21. The lowest BCUT2D eigenvalue weighted by atomic mass is 9.74. The summed E-state index contributed by atoms with van der Waals surface area (Å²) in [5.41, 5.74) is 0.570. The molecule has 0 radical (unpaired) electrons. The lowest BCUT2D eigenvalue weighted by molar-refractivity contribution is -0.384. The Labute approximate surface area is 167 Å². The molecule has 1 aliphatic rings. The van der Waals surface area contributed by atoms with Gasteiger partial charge in [0.15, 0.2) is 0 Å². The van der Waals surface area contributed by atoms with Gasteiger partial charge in [-0.15, -0.1) is 0 Å². The Kier molecular flexibility index (Phi) is 6.11. The lowest BCUT2D eigenvalue weighted by Crippen LogP contribution is -2.40. The molecule has 8 nitrogen and oxygen atoms in total. The molecule has 0 unspecified atom stereocenters. The number of methoxy groups -OCH3 is 1. The summed E-state index contributed by atoms with van der Waals surface area (Å²) in [5, 5.41) is 15.2. The highest BCUT2D eigenvalue weighted by Crippen LogP contribution is 2.36. The summed E-state index contributed by atoms with van der Waals surface area (Å²) in [5.74, 6) is -0.568. The summed E-state index contributed by atoms with van der Waals surface area (Å²) in [6.07, 6.45) is 2.78. The topological polar surface area (TPSA) is 104 Å². The average Bonchev–Trinajstić information content (AvgIpc) is 2.72. The number of aromatic nitrogens is 1. The Morgan fingerprint density at radius 1 is 1.36 bits per heavy atom. The largest absolute Gasteiger partial charge is 0.465 e. The molecule has 1 fully saturated rings. The van der Waals surface area contributed by atoms with Crippen molar-refractivity contribution in [1.29, 1.82) is 0 Å². The van der Waals surface area contributed by atoms with Crippen molar-refractivity contribution >= 4 is 29.1 Å². The van der Waals surface area contributed by atoms with Crippen LogP contribution in [0.5, 0.6) is 0 Å². The molecule has 0 saturated carbocycles. The molecule has 1 N–H and O–H groups in total. The molecular weight excluding hydrogens is 386 g/mol. The van der Waals surface area contributed by atoms with E-state index in [0.717, 1.165) is 18.4 Å². The number of ether oxygens (including phenoxy) is 2. The summed E-state index contributed by atoms with van der Waals surface area (Å²) in [6.45, 7) is 1.63. The molecule has 2 heterocycles. The highest BCUT2D eigenvalue weighted by Gasteiger charge is 2.35. The predicted octanol–water partition coefficient (Wildman–Crippen LogP) is 3.59. The fourth-order valence-corrected chi connectivity index (χ4v) is 3.47. The van der Waals surface area contributed by atoms with Gasteiger partial charge in [-0.05, 0) is 30.5 Å². The summed E-state index contributed by atoms with van der Waals surface area (Å²) in [6, 6.07) is 8.77. The van der Waals surface area contributed by atoms with E-state index in [1.54, 1.807) is 0 Å². The lowest BCUT2D eigenvalue weighted by Gasteiger charge is -2.38. The molecule has 2 aromatic rings. The normalized spacial score (nSPS) is 15.6. The van der Waals surface area contributed by atoms with Crippen LogP contribution in [-0.2, 0) is 14.9 Å². The van der Waals surface area contributed by atoms with E-state index in [1.807, 2.05) is 24.3 Å². The Hall–Kier alpha value is -2.71. The maximum Gasteiger partial charge on any atom is 0.339 e. The molecule has 1 aliphatic heterocycles. The molecule has 3 rings (SSSR count). The van der Waals surface area contributed by atoms with Gasteiger partial charge >= 0.3 is 11.7 Å². The van der Waals surface area contributed by atoms with E-state index in [0.29, 0.717) is 24.8 Å². The third-order valence-electron chi connectivity index (χ3n) is 4.99. The maximum absolute atomic E-state index is 11.6. The summed E-state index contributed by atoms with van der Waals surface area (Å²) in [4.78, 5) is 26.6. The zero-order valence-corrected chi connectivity index (χ0v) is 16.1. The van der Waals surface area contributed by atoms with Crippen molar-refractivity contribution in [3.63, 3.8) is 0 Å². The van der Waals surface area contributed by atoms with Gasteiger partial charge in [0.1, 0.15) is 0 Å². The van der Waals surface area contributed by atoms with Crippen molar-refractivity contribution in [2.45, 2.75) is 18.3 Å². The van der Waals surface area contributed by atoms with Gasteiger partial charge in [-0.3, -0.25) is 10.1 Å². The number of carbonyl (C=O) groups excluding carboxylic acids is 1. The number of rotatable bonds is 6. The summed E-state index contributed by atoms with van der Waals surface area (Å²) < 4.78 is 10.1. The van der Waals surface area contributed by atoms with E-state index in [2.05, 4.69) is 15.0 Å². The zero-order chi connectivity index (χ0) is 20.1. The van der Waals surface area contributed by atoms with Crippen LogP contribution in [-0.4, -0.2) is 42.7 Å². The van der Waals surface area contributed by atoms with Crippen molar-refractivity contribution in [2.24, 2.45) is 0 Å². The molecule has 28 heavy (non-hydrogen) atoms. The number of hydrogen-bond acceptors (Lipinski definition) is 7. The van der Waals surface area contributed by atoms with Crippen molar-refractivity contribution in [2.75, 3.05) is 32.2 Å². The molecule has 0 bridgehead atoms. The van der Waals surface area contributed by atoms with Crippen LogP contribution in [0.15, 0.2) is 36.5 Å². The SMILES string of the molecule is COC(=O)c1cnc(NCC2(c3ccc(Cl)cc3)CCOCC2)c([N+](=O)[O-])c1. The van der Waals surface area contributed by atoms with Crippen molar-refractivity contribution in [3.05, 3.63) is 62.8 Å². The highest BCUT2D eigenvalue weighted by molar-refractivity contribution is 6.30. The van der Waals surface area contributed by atoms with E-state index in [4.69, 9.17) is 16.3 Å². The van der Waals surface area contributed by atoms with Gasteiger partial charge in [0.2, 0.25) is 5.82 Å². The number of carbonyl (C=O) groups is 1. The molecule has 0 spiro atoms. The number of nitro groups is 1. The van der Waals surface area contributed by atoms with Gasteiger partial charge < -0.3 is 14.8 Å².